The third kappa shape index (κ3) is 3.13. The summed E-state index contributed by atoms with van der Waals surface area (Å²) in [5.74, 6) is -5.12. The molecule has 118 valence electrons. The predicted octanol–water partition coefficient (Wildman–Crippen LogP) is 1.96. The molecule has 0 saturated heterocycles. The molecule has 22 heavy (non-hydrogen) atoms. The second-order valence-corrected chi connectivity index (χ2v) is 4.62. The summed E-state index contributed by atoms with van der Waals surface area (Å²) < 4.78 is 4.61. The maximum atomic E-state index is 12.1. The Morgan fingerprint density at radius 3 is 1.91 bits per heavy atom. The second-order valence-electron chi connectivity index (χ2n) is 4.62. The highest BCUT2D eigenvalue weighted by atomic mass is 16.6. The number of carbonyl (C=O) groups is 4. The molecule has 0 saturated carbocycles. The van der Waals surface area contributed by atoms with Crippen molar-refractivity contribution in [2.24, 2.45) is 5.41 Å². The van der Waals surface area contributed by atoms with Crippen molar-refractivity contribution in [2.45, 2.75) is 26.7 Å². The number of hydrogen-bond acceptors (Lipinski definition) is 5. The van der Waals surface area contributed by atoms with Crippen molar-refractivity contribution in [2.75, 3.05) is 0 Å². The number of ether oxygens (including phenoxy) is 1. The lowest BCUT2D eigenvalue weighted by Crippen LogP contribution is -2.40. The number of benzene rings is 1. The van der Waals surface area contributed by atoms with Crippen LogP contribution in [0.2, 0.25) is 0 Å². The number of rotatable bonds is 6. The second kappa shape index (κ2) is 6.84. The van der Waals surface area contributed by atoms with Gasteiger partial charge in [0.1, 0.15) is 0 Å². The molecular weight excluding hydrogens is 292 g/mol. The number of carbonyl (C=O) groups excluding carboxylic acids is 2. The maximum absolute atomic E-state index is 12.1. The number of carboxylic acid groups (broad SMARTS) is 2. The molecule has 0 radical (unpaired) electrons. The van der Waals surface area contributed by atoms with Crippen molar-refractivity contribution < 1.29 is 34.1 Å². The fourth-order valence-corrected chi connectivity index (χ4v) is 2.01. The molecule has 0 aliphatic rings. The van der Waals surface area contributed by atoms with E-state index in [1.54, 1.807) is 0 Å². The minimum atomic E-state index is -1.83. The molecule has 0 aliphatic heterocycles. The molecular formula is C15H16O7. The molecule has 0 aromatic heterocycles. The summed E-state index contributed by atoms with van der Waals surface area (Å²) in [5.41, 5.74) is -2.46. The van der Waals surface area contributed by atoms with Crippen LogP contribution in [0.3, 0.4) is 0 Å². The van der Waals surface area contributed by atoms with E-state index >= 15 is 0 Å². The van der Waals surface area contributed by atoms with Gasteiger partial charge in [0, 0.05) is 0 Å². The fraction of sp³-hybridized carbons (Fsp3) is 0.333. The first-order chi connectivity index (χ1) is 10.3. The third-order valence-corrected chi connectivity index (χ3v) is 3.57. The molecule has 0 heterocycles. The van der Waals surface area contributed by atoms with Crippen LogP contribution < -0.4 is 0 Å². The van der Waals surface area contributed by atoms with Crippen LogP contribution in [-0.2, 0) is 14.3 Å². The molecule has 0 amide bonds. The molecule has 1 rings (SSSR count). The highest BCUT2D eigenvalue weighted by Crippen LogP contribution is 2.29. The Balaban J connectivity index is 3.10. The Bertz CT molecular complexity index is 614. The molecule has 0 aliphatic carbocycles. The quantitative estimate of drug-likeness (QED) is 0.609. The summed E-state index contributed by atoms with van der Waals surface area (Å²) in [5, 5.41) is 18.2. The van der Waals surface area contributed by atoms with Crippen LogP contribution in [-0.4, -0.2) is 34.1 Å². The molecule has 2 N–H and O–H groups in total. The lowest BCUT2D eigenvalue weighted by atomic mass is 9.82. The number of carboxylic acids is 2. The molecule has 0 atom stereocenters. The largest absolute Gasteiger partial charge is 0.480 e. The standard InChI is InChI=1S/C15H16O7/c1-3-15(4-2,13(19)20)14(21)22-12(18)10-8-6-5-7-9(10)11(16)17/h5-8H,3-4H2,1-2H3,(H,16,17)(H,19,20). The van der Waals surface area contributed by atoms with E-state index in [2.05, 4.69) is 4.74 Å². The van der Waals surface area contributed by atoms with Crippen LogP contribution in [0.15, 0.2) is 24.3 Å². The topological polar surface area (TPSA) is 118 Å². The molecule has 0 fully saturated rings. The van der Waals surface area contributed by atoms with Crippen LogP contribution in [0.5, 0.6) is 0 Å². The Kier molecular flexibility index (Phi) is 5.39. The maximum Gasteiger partial charge on any atom is 0.346 e. The number of esters is 2. The van der Waals surface area contributed by atoms with Gasteiger partial charge in [-0.25, -0.2) is 9.59 Å². The molecule has 0 bridgehead atoms. The number of hydrogen-bond donors (Lipinski definition) is 2. The van der Waals surface area contributed by atoms with E-state index in [1.165, 1.54) is 38.1 Å². The van der Waals surface area contributed by atoms with Crippen LogP contribution >= 0.6 is 0 Å². The van der Waals surface area contributed by atoms with Gasteiger partial charge in [-0.15, -0.1) is 0 Å². The number of aromatic carboxylic acids is 1. The molecule has 7 heteroatoms. The first kappa shape index (κ1) is 17.4. The lowest BCUT2D eigenvalue weighted by molar-refractivity contribution is -0.165. The Hall–Kier alpha value is -2.70. The van der Waals surface area contributed by atoms with Crippen molar-refractivity contribution in [3.05, 3.63) is 35.4 Å². The van der Waals surface area contributed by atoms with Gasteiger partial charge in [-0.05, 0) is 25.0 Å². The monoisotopic (exact) mass is 308 g/mol. The van der Waals surface area contributed by atoms with Gasteiger partial charge >= 0.3 is 23.9 Å². The van der Waals surface area contributed by atoms with E-state index in [-0.39, 0.29) is 24.0 Å². The van der Waals surface area contributed by atoms with Gasteiger partial charge in [0.25, 0.3) is 0 Å². The smallest absolute Gasteiger partial charge is 0.346 e. The van der Waals surface area contributed by atoms with Gasteiger partial charge in [-0.3, -0.25) is 9.59 Å². The van der Waals surface area contributed by atoms with Crippen molar-refractivity contribution in [3.8, 4) is 0 Å². The van der Waals surface area contributed by atoms with Gasteiger partial charge in [0.05, 0.1) is 11.1 Å². The van der Waals surface area contributed by atoms with Crippen LogP contribution in [0.4, 0.5) is 0 Å². The van der Waals surface area contributed by atoms with Gasteiger partial charge in [0.15, 0.2) is 5.41 Å². The van der Waals surface area contributed by atoms with Crippen LogP contribution in [0.1, 0.15) is 47.4 Å². The van der Waals surface area contributed by atoms with Crippen LogP contribution in [0.25, 0.3) is 0 Å². The van der Waals surface area contributed by atoms with Gasteiger partial charge in [0.2, 0.25) is 0 Å². The molecule has 7 nitrogen and oxygen atoms in total. The van der Waals surface area contributed by atoms with Crippen LogP contribution in [0, 0.1) is 5.41 Å². The molecule has 0 unspecified atom stereocenters. The van der Waals surface area contributed by atoms with E-state index in [1.807, 2.05) is 0 Å². The average Bonchev–Trinajstić information content (AvgIpc) is 2.48. The fourth-order valence-electron chi connectivity index (χ4n) is 2.01. The van der Waals surface area contributed by atoms with E-state index in [9.17, 15) is 24.3 Å². The normalized spacial score (nSPS) is 10.8. The molecule has 1 aromatic carbocycles. The molecule has 1 aromatic rings. The zero-order valence-electron chi connectivity index (χ0n) is 12.2. The summed E-state index contributed by atoms with van der Waals surface area (Å²) >= 11 is 0. The van der Waals surface area contributed by atoms with Crippen molar-refractivity contribution in [3.63, 3.8) is 0 Å². The zero-order chi connectivity index (χ0) is 16.9. The Labute approximate surface area is 126 Å². The highest BCUT2D eigenvalue weighted by Gasteiger charge is 2.45. The van der Waals surface area contributed by atoms with E-state index < -0.39 is 29.3 Å². The molecule has 0 spiro atoms. The van der Waals surface area contributed by atoms with E-state index in [0.717, 1.165) is 0 Å². The Morgan fingerprint density at radius 2 is 1.50 bits per heavy atom. The SMILES string of the molecule is CCC(CC)(C(=O)O)C(=O)OC(=O)c1ccccc1C(=O)O. The zero-order valence-corrected chi connectivity index (χ0v) is 12.2. The minimum Gasteiger partial charge on any atom is -0.480 e. The van der Waals surface area contributed by atoms with Crippen molar-refractivity contribution >= 4 is 23.9 Å². The van der Waals surface area contributed by atoms with Crippen molar-refractivity contribution in [1.82, 2.24) is 0 Å². The summed E-state index contributed by atoms with van der Waals surface area (Å²) in [6, 6.07) is 5.21. The highest BCUT2D eigenvalue weighted by molar-refractivity contribution is 6.09. The van der Waals surface area contributed by atoms with Crippen molar-refractivity contribution in [1.29, 1.82) is 0 Å². The van der Waals surface area contributed by atoms with E-state index in [0.29, 0.717) is 0 Å². The summed E-state index contributed by atoms with van der Waals surface area (Å²) in [7, 11) is 0. The summed E-state index contributed by atoms with van der Waals surface area (Å²) in [6.45, 7) is 2.99. The minimum absolute atomic E-state index is 0.0501. The number of aliphatic carboxylic acids is 1. The van der Waals surface area contributed by atoms with Gasteiger partial charge in [-0.2, -0.15) is 0 Å². The van der Waals surface area contributed by atoms with E-state index in [4.69, 9.17) is 5.11 Å². The summed E-state index contributed by atoms with van der Waals surface area (Å²) in [6.07, 6.45) is -0.100. The first-order valence-electron chi connectivity index (χ1n) is 6.62. The van der Waals surface area contributed by atoms with Gasteiger partial charge in [-0.1, -0.05) is 26.0 Å². The Morgan fingerprint density at radius 1 is 1.00 bits per heavy atom. The van der Waals surface area contributed by atoms with Gasteiger partial charge < -0.3 is 14.9 Å². The average molecular weight is 308 g/mol. The first-order valence-corrected chi connectivity index (χ1v) is 6.62. The summed E-state index contributed by atoms with van der Waals surface area (Å²) in [4.78, 5) is 46.4. The third-order valence-electron chi connectivity index (χ3n) is 3.57. The lowest BCUT2D eigenvalue weighted by Gasteiger charge is -2.23. The predicted molar refractivity (Wildman–Crippen MR) is 74.5 cm³/mol.